The first-order valence-corrected chi connectivity index (χ1v) is 5.21. The molecule has 1 rings (SSSR count). The summed E-state index contributed by atoms with van der Waals surface area (Å²) in [6.45, 7) is 5.42. The first kappa shape index (κ1) is 13.3. The maximum atomic E-state index is 11.3. The number of rotatable bonds is 3. The summed E-state index contributed by atoms with van der Waals surface area (Å²) in [4.78, 5) is 26.7. The van der Waals surface area contributed by atoms with Crippen molar-refractivity contribution in [3.63, 3.8) is 0 Å². The number of hydrogen-bond donors (Lipinski definition) is 2. The molecule has 0 saturated carbocycles. The smallest absolute Gasteiger partial charge is 0.407 e. The van der Waals surface area contributed by atoms with Crippen molar-refractivity contribution in [3.8, 4) is 0 Å². The number of nitrogens with zero attached hydrogens (tertiary/aromatic N) is 1. The normalized spacial score (nSPS) is 19.2. The number of carbonyl (C=O) groups excluding carboxylic acids is 1. The molecule has 1 unspecified atom stereocenters. The quantitative estimate of drug-likeness (QED) is 0.763. The number of hydrogen-bond acceptors (Lipinski definition) is 5. The number of carbonyl (C=O) groups is 2. The van der Waals surface area contributed by atoms with Crippen LogP contribution in [0.4, 0.5) is 4.79 Å². The highest BCUT2D eigenvalue weighted by molar-refractivity contribution is 6.35. The molecule has 0 bridgehead atoms. The molecule has 7 nitrogen and oxygen atoms in total. The zero-order valence-corrected chi connectivity index (χ0v) is 10.0. The van der Waals surface area contributed by atoms with Crippen LogP contribution in [0.1, 0.15) is 27.2 Å². The Hall–Kier alpha value is -1.79. The van der Waals surface area contributed by atoms with Crippen molar-refractivity contribution in [2.45, 2.75) is 38.9 Å². The van der Waals surface area contributed by atoms with Crippen LogP contribution in [0.5, 0.6) is 0 Å². The molecular formula is C10H16N2O5. The molecule has 0 aromatic heterocycles. The van der Waals surface area contributed by atoms with Crippen molar-refractivity contribution in [2.24, 2.45) is 5.16 Å². The lowest BCUT2D eigenvalue weighted by atomic mass is 10.2. The molecular weight excluding hydrogens is 228 g/mol. The van der Waals surface area contributed by atoms with Crippen molar-refractivity contribution in [1.29, 1.82) is 0 Å². The van der Waals surface area contributed by atoms with Gasteiger partial charge in [0, 0.05) is 6.42 Å². The molecule has 0 spiro atoms. The third-order valence-corrected chi connectivity index (χ3v) is 1.85. The Kier molecular flexibility index (Phi) is 3.93. The van der Waals surface area contributed by atoms with Gasteiger partial charge in [0.25, 0.3) is 0 Å². The van der Waals surface area contributed by atoms with Crippen LogP contribution in [0.15, 0.2) is 5.16 Å². The molecule has 1 aliphatic rings. The van der Waals surface area contributed by atoms with E-state index in [1.165, 1.54) is 0 Å². The van der Waals surface area contributed by atoms with E-state index >= 15 is 0 Å². The molecule has 2 N–H and O–H groups in total. The van der Waals surface area contributed by atoms with Gasteiger partial charge in [-0.25, -0.2) is 9.59 Å². The van der Waals surface area contributed by atoms with Gasteiger partial charge in [0.15, 0.2) is 11.8 Å². The summed E-state index contributed by atoms with van der Waals surface area (Å²) >= 11 is 0. The van der Waals surface area contributed by atoms with Gasteiger partial charge < -0.3 is 20.0 Å². The van der Waals surface area contributed by atoms with Crippen LogP contribution >= 0.6 is 0 Å². The van der Waals surface area contributed by atoms with Crippen molar-refractivity contribution in [2.75, 3.05) is 6.54 Å². The van der Waals surface area contributed by atoms with E-state index in [0.717, 1.165) is 0 Å². The summed E-state index contributed by atoms with van der Waals surface area (Å²) in [5.74, 6) is -1.11. The Balaban J connectivity index is 2.26. The minimum atomic E-state index is -1.11. The number of alkyl carbamates (subject to hydrolysis) is 1. The summed E-state index contributed by atoms with van der Waals surface area (Å²) in [5.41, 5.74) is -0.607. The summed E-state index contributed by atoms with van der Waals surface area (Å²) in [5, 5.41) is 14.5. The van der Waals surface area contributed by atoms with E-state index in [1.807, 2.05) is 0 Å². The molecule has 1 amide bonds. The van der Waals surface area contributed by atoms with Gasteiger partial charge >= 0.3 is 12.1 Å². The van der Waals surface area contributed by atoms with Gasteiger partial charge in [0.05, 0.1) is 6.54 Å². The minimum Gasteiger partial charge on any atom is -0.477 e. The highest BCUT2D eigenvalue weighted by atomic mass is 16.6. The predicted molar refractivity (Wildman–Crippen MR) is 58.8 cm³/mol. The Bertz CT molecular complexity index is 345. The second kappa shape index (κ2) is 5.03. The van der Waals surface area contributed by atoms with E-state index in [2.05, 4.69) is 10.5 Å². The van der Waals surface area contributed by atoms with Crippen LogP contribution in [-0.2, 0) is 14.4 Å². The van der Waals surface area contributed by atoms with Gasteiger partial charge in [-0.2, -0.15) is 0 Å². The molecule has 7 heteroatoms. The molecule has 1 atom stereocenters. The standard InChI is InChI=1S/C10H16N2O5/c1-10(2,3)16-9(15)11-5-6-4-7(8(13)14)12-17-6/h6H,4-5H2,1-3H3,(H,11,15)(H,13,14). The summed E-state index contributed by atoms with van der Waals surface area (Å²) in [7, 11) is 0. The van der Waals surface area contributed by atoms with Crippen LogP contribution in [0.25, 0.3) is 0 Å². The number of ether oxygens (including phenoxy) is 1. The third kappa shape index (κ3) is 4.71. The van der Waals surface area contributed by atoms with Gasteiger partial charge in [-0.05, 0) is 20.8 Å². The Labute approximate surface area is 98.8 Å². The van der Waals surface area contributed by atoms with E-state index in [-0.39, 0.29) is 18.7 Å². The number of carboxylic acids is 1. The second-order valence-electron chi connectivity index (χ2n) is 4.66. The Morgan fingerprint density at radius 3 is 2.71 bits per heavy atom. The van der Waals surface area contributed by atoms with Gasteiger partial charge in [-0.15, -0.1) is 0 Å². The lowest BCUT2D eigenvalue weighted by Crippen LogP contribution is -2.37. The molecule has 0 radical (unpaired) electrons. The number of carboxylic acid groups (broad SMARTS) is 1. The van der Waals surface area contributed by atoms with Gasteiger partial charge in [-0.1, -0.05) is 5.16 Å². The molecule has 0 aliphatic carbocycles. The number of aliphatic carboxylic acids is 1. The molecule has 17 heavy (non-hydrogen) atoms. The lowest BCUT2D eigenvalue weighted by molar-refractivity contribution is -0.129. The molecule has 1 aliphatic heterocycles. The lowest BCUT2D eigenvalue weighted by Gasteiger charge is -2.20. The molecule has 0 saturated heterocycles. The van der Waals surface area contributed by atoms with E-state index in [4.69, 9.17) is 14.7 Å². The van der Waals surface area contributed by atoms with Crippen molar-refractivity contribution in [1.82, 2.24) is 5.32 Å². The molecule has 0 aromatic rings. The summed E-state index contributed by atoms with van der Waals surface area (Å²) in [6.07, 6.45) is -0.844. The minimum absolute atomic E-state index is 0.0408. The van der Waals surface area contributed by atoms with Crippen LogP contribution in [0.3, 0.4) is 0 Å². The second-order valence-corrected chi connectivity index (χ2v) is 4.66. The van der Waals surface area contributed by atoms with E-state index in [1.54, 1.807) is 20.8 Å². The zero-order chi connectivity index (χ0) is 13.1. The van der Waals surface area contributed by atoms with Crippen molar-refractivity contribution >= 4 is 17.8 Å². The van der Waals surface area contributed by atoms with E-state index in [9.17, 15) is 9.59 Å². The molecule has 96 valence electrons. The maximum absolute atomic E-state index is 11.3. The van der Waals surface area contributed by atoms with Crippen LogP contribution < -0.4 is 5.32 Å². The SMILES string of the molecule is CC(C)(C)OC(=O)NCC1CC(C(=O)O)=NO1. The number of amides is 1. The molecule has 1 heterocycles. The monoisotopic (exact) mass is 244 g/mol. The zero-order valence-electron chi connectivity index (χ0n) is 10.0. The van der Waals surface area contributed by atoms with Crippen LogP contribution in [0.2, 0.25) is 0 Å². The van der Waals surface area contributed by atoms with E-state index < -0.39 is 23.8 Å². The van der Waals surface area contributed by atoms with Crippen molar-refractivity contribution < 1.29 is 24.3 Å². The fourth-order valence-corrected chi connectivity index (χ4v) is 1.18. The number of oxime groups is 1. The van der Waals surface area contributed by atoms with Gasteiger partial charge in [-0.3, -0.25) is 0 Å². The Morgan fingerprint density at radius 2 is 2.24 bits per heavy atom. The first-order chi connectivity index (χ1) is 7.78. The highest BCUT2D eigenvalue weighted by Crippen LogP contribution is 2.10. The van der Waals surface area contributed by atoms with Gasteiger partial charge in [0.1, 0.15) is 5.60 Å². The first-order valence-electron chi connectivity index (χ1n) is 5.21. The average Bonchev–Trinajstić information content (AvgIpc) is 2.60. The van der Waals surface area contributed by atoms with Crippen LogP contribution in [0, 0.1) is 0 Å². The van der Waals surface area contributed by atoms with Crippen molar-refractivity contribution in [3.05, 3.63) is 0 Å². The third-order valence-electron chi connectivity index (χ3n) is 1.85. The molecule has 0 fully saturated rings. The fraction of sp³-hybridized carbons (Fsp3) is 0.700. The van der Waals surface area contributed by atoms with Crippen LogP contribution in [-0.4, -0.2) is 41.1 Å². The summed E-state index contributed by atoms with van der Waals surface area (Å²) < 4.78 is 5.01. The Morgan fingerprint density at radius 1 is 1.59 bits per heavy atom. The van der Waals surface area contributed by atoms with Gasteiger partial charge in [0.2, 0.25) is 0 Å². The largest absolute Gasteiger partial charge is 0.477 e. The highest BCUT2D eigenvalue weighted by Gasteiger charge is 2.26. The molecule has 0 aromatic carbocycles. The number of nitrogens with one attached hydrogen (secondary N) is 1. The predicted octanol–water partition coefficient (Wildman–Crippen LogP) is 0.741. The maximum Gasteiger partial charge on any atom is 0.407 e. The average molecular weight is 244 g/mol. The summed E-state index contributed by atoms with van der Waals surface area (Å²) in [6, 6.07) is 0. The fourth-order valence-electron chi connectivity index (χ4n) is 1.18. The van der Waals surface area contributed by atoms with E-state index in [0.29, 0.717) is 0 Å². The topological polar surface area (TPSA) is 97.2 Å².